The second-order valence-corrected chi connectivity index (χ2v) is 8.11. The number of ether oxygens (including phenoxy) is 2. The fourth-order valence-electron chi connectivity index (χ4n) is 2.99. The lowest BCUT2D eigenvalue weighted by atomic mass is 10.2. The Bertz CT molecular complexity index is 1220. The van der Waals surface area contributed by atoms with E-state index in [0.717, 1.165) is 17.3 Å². The van der Waals surface area contributed by atoms with Gasteiger partial charge in [-0.25, -0.2) is 4.98 Å². The highest BCUT2D eigenvalue weighted by molar-refractivity contribution is 9.10. The number of halogens is 2. The first kappa shape index (κ1) is 23.0. The molecule has 0 spiro atoms. The molecule has 0 unspecified atom stereocenters. The number of esters is 1. The van der Waals surface area contributed by atoms with Crippen LogP contribution in [0.15, 0.2) is 44.7 Å². The van der Waals surface area contributed by atoms with Crippen LogP contribution in [0.5, 0.6) is 11.5 Å². The topological polar surface area (TPSA) is 82.8 Å². The fourth-order valence-corrected chi connectivity index (χ4v) is 3.61. The Kier molecular flexibility index (Phi) is 7.46. The van der Waals surface area contributed by atoms with Crippen molar-refractivity contribution in [2.45, 2.75) is 33.1 Å². The van der Waals surface area contributed by atoms with Crippen LogP contribution in [-0.4, -0.2) is 29.0 Å². The van der Waals surface area contributed by atoms with Gasteiger partial charge in [0, 0.05) is 17.8 Å². The van der Waals surface area contributed by atoms with Crippen LogP contribution in [0.3, 0.4) is 0 Å². The van der Waals surface area contributed by atoms with Gasteiger partial charge in [-0.2, -0.15) is 9.78 Å². The molecule has 31 heavy (non-hydrogen) atoms. The number of aromatic nitrogens is 2. The van der Waals surface area contributed by atoms with Crippen LogP contribution in [0.4, 0.5) is 0 Å². The van der Waals surface area contributed by atoms with E-state index in [-0.39, 0.29) is 22.1 Å². The van der Waals surface area contributed by atoms with E-state index in [2.05, 4.69) is 32.9 Å². The fraction of sp³-hybridized carbons (Fsp3) is 0.273. The van der Waals surface area contributed by atoms with Crippen molar-refractivity contribution in [3.63, 3.8) is 0 Å². The Hall–Kier alpha value is -2.71. The number of nitrogens with zero attached hydrogens (tertiary/aromatic N) is 3. The van der Waals surface area contributed by atoms with Crippen LogP contribution in [-0.2, 0) is 11.2 Å². The number of hydrogen-bond donors (Lipinski definition) is 0. The molecule has 0 saturated carbocycles. The van der Waals surface area contributed by atoms with Crippen molar-refractivity contribution >= 4 is 50.6 Å². The number of hydrogen-bond acceptors (Lipinski definition) is 6. The van der Waals surface area contributed by atoms with E-state index in [1.54, 1.807) is 18.2 Å². The number of fused-ring (bicyclic) bond motifs is 1. The minimum atomic E-state index is -0.512. The molecule has 0 amide bonds. The van der Waals surface area contributed by atoms with Gasteiger partial charge in [-0.3, -0.25) is 9.59 Å². The molecule has 0 bridgehead atoms. The molecule has 0 aliphatic carbocycles. The van der Waals surface area contributed by atoms with Crippen molar-refractivity contribution in [1.29, 1.82) is 0 Å². The zero-order chi connectivity index (χ0) is 22.5. The summed E-state index contributed by atoms with van der Waals surface area (Å²) in [5.74, 6) is 0.477. The van der Waals surface area contributed by atoms with Gasteiger partial charge in [0.15, 0.2) is 11.5 Å². The van der Waals surface area contributed by atoms with Crippen LogP contribution >= 0.6 is 27.5 Å². The molecule has 0 N–H and O–H groups in total. The molecular formula is C22H21BrClN3O4. The number of rotatable bonds is 7. The zero-order valence-electron chi connectivity index (χ0n) is 17.3. The molecule has 1 aromatic heterocycles. The summed E-state index contributed by atoms with van der Waals surface area (Å²) in [6.45, 7) is 3.35. The summed E-state index contributed by atoms with van der Waals surface area (Å²) in [6.07, 6.45) is 3.95. The number of aryl methyl sites for hydroxylation is 1. The summed E-state index contributed by atoms with van der Waals surface area (Å²) in [4.78, 5) is 29.1. The Morgan fingerprint density at radius 3 is 2.77 bits per heavy atom. The standard InChI is InChI=1S/C22H21BrClN3O4/c1-4-5-6-20-26-18-8-7-15(23)11-16(18)22(29)27(20)25-12-14-9-17(24)21(31-13(2)28)19(10-14)30-3/h7-12H,4-6H2,1-3H3. The first-order valence-corrected chi connectivity index (χ1v) is 10.8. The maximum atomic E-state index is 13.1. The number of carbonyl (C=O) groups is 1. The Balaban J connectivity index is 2.09. The summed E-state index contributed by atoms with van der Waals surface area (Å²) in [5.41, 5.74) is 0.935. The van der Waals surface area contributed by atoms with Crippen LogP contribution in [0, 0.1) is 0 Å². The molecule has 0 atom stereocenters. The van der Waals surface area contributed by atoms with E-state index in [1.807, 2.05) is 12.1 Å². The first-order chi connectivity index (χ1) is 14.8. The number of unbranched alkanes of at least 4 members (excludes halogenated alkanes) is 1. The van der Waals surface area contributed by atoms with Gasteiger partial charge >= 0.3 is 5.97 Å². The van der Waals surface area contributed by atoms with Gasteiger partial charge in [0.2, 0.25) is 0 Å². The number of carbonyl (C=O) groups excluding carboxylic acids is 1. The van der Waals surface area contributed by atoms with Gasteiger partial charge in [0.25, 0.3) is 5.56 Å². The maximum absolute atomic E-state index is 13.1. The molecule has 2 aromatic carbocycles. The second-order valence-electron chi connectivity index (χ2n) is 6.78. The lowest BCUT2D eigenvalue weighted by Gasteiger charge is -2.11. The van der Waals surface area contributed by atoms with Crippen molar-refractivity contribution in [3.8, 4) is 11.5 Å². The monoisotopic (exact) mass is 505 g/mol. The highest BCUT2D eigenvalue weighted by Crippen LogP contribution is 2.36. The van der Waals surface area contributed by atoms with E-state index in [9.17, 15) is 9.59 Å². The van der Waals surface area contributed by atoms with Gasteiger partial charge in [-0.15, -0.1) is 0 Å². The second kappa shape index (κ2) is 10.1. The van der Waals surface area contributed by atoms with E-state index < -0.39 is 5.97 Å². The first-order valence-electron chi connectivity index (χ1n) is 9.65. The largest absolute Gasteiger partial charge is 0.493 e. The van der Waals surface area contributed by atoms with Crippen molar-refractivity contribution in [2.24, 2.45) is 5.10 Å². The van der Waals surface area contributed by atoms with Crippen LogP contribution in [0.25, 0.3) is 10.9 Å². The van der Waals surface area contributed by atoms with Crippen LogP contribution in [0.2, 0.25) is 5.02 Å². The van der Waals surface area contributed by atoms with Gasteiger partial charge in [-0.1, -0.05) is 40.9 Å². The van der Waals surface area contributed by atoms with E-state index >= 15 is 0 Å². The Morgan fingerprint density at radius 2 is 2.10 bits per heavy atom. The molecule has 1 heterocycles. The van der Waals surface area contributed by atoms with Crippen molar-refractivity contribution in [2.75, 3.05) is 7.11 Å². The quantitative estimate of drug-likeness (QED) is 0.257. The third-order valence-corrected chi connectivity index (χ3v) is 5.22. The Morgan fingerprint density at radius 1 is 1.32 bits per heavy atom. The molecule has 0 fully saturated rings. The van der Waals surface area contributed by atoms with Crippen molar-refractivity contribution in [3.05, 3.63) is 61.6 Å². The zero-order valence-corrected chi connectivity index (χ0v) is 19.7. The highest BCUT2D eigenvalue weighted by Gasteiger charge is 2.14. The van der Waals surface area contributed by atoms with Gasteiger partial charge in [0.05, 0.1) is 29.2 Å². The predicted octanol–water partition coefficient (Wildman–Crippen LogP) is 4.97. The average molecular weight is 507 g/mol. The highest BCUT2D eigenvalue weighted by atomic mass is 79.9. The molecule has 3 aromatic rings. The molecule has 162 valence electrons. The maximum Gasteiger partial charge on any atom is 0.308 e. The number of methoxy groups -OCH3 is 1. The van der Waals surface area contributed by atoms with Crippen molar-refractivity contribution in [1.82, 2.24) is 9.66 Å². The Labute approximate surface area is 192 Å². The molecule has 7 nitrogen and oxygen atoms in total. The third kappa shape index (κ3) is 5.32. The molecular weight excluding hydrogens is 486 g/mol. The lowest BCUT2D eigenvalue weighted by molar-refractivity contribution is -0.132. The molecule has 9 heteroatoms. The third-order valence-electron chi connectivity index (χ3n) is 4.45. The normalized spacial score (nSPS) is 11.3. The van der Waals surface area contributed by atoms with E-state index in [1.165, 1.54) is 24.9 Å². The molecule has 0 saturated heterocycles. The molecule has 0 aliphatic rings. The van der Waals surface area contributed by atoms with Gasteiger partial charge in [0.1, 0.15) is 5.82 Å². The van der Waals surface area contributed by atoms with Gasteiger partial charge in [-0.05, 0) is 42.3 Å². The summed E-state index contributed by atoms with van der Waals surface area (Å²) in [5, 5.41) is 5.05. The van der Waals surface area contributed by atoms with Gasteiger partial charge < -0.3 is 9.47 Å². The summed E-state index contributed by atoms with van der Waals surface area (Å²) in [7, 11) is 1.44. The molecule has 0 radical (unpaired) electrons. The predicted molar refractivity (Wildman–Crippen MR) is 125 cm³/mol. The molecule has 3 rings (SSSR count). The summed E-state index contributed by atoms with van der Waals surface area (Å²) >= 11 is 9.66. The molecule has 0 aliphatic heterocycles. The van der Waals surface area contributed by atoms with Crippen molar-refractivity contribution < 1.29 is 14.3 Å². The SMILES string of the molecule is CCCCc1nc2ccc(Br)cc2c(=O)n1N=Cc1cc(Cl)c(OC(C)=O)c(OC)c1. The van der Waals surface area contributed by atoms with E-state index in [4.69, 9.17) is 21.1 Å². The number of benzene rings is 2. The lowest BCUT2D eigenvalue weighted by Crippen LogP contribution is -2.22. The minimum absolute atomic E-state index is 0.131. The average Bonchev–Trinajstić information content (AvgIpc) is 2.73. The minimum Gasteiger partial charge on any atom is -0.493 e. The summed E-state index contributed by atoms with van der Waals surface area (Å²) < 4.78 is 12.5. The smallest absolute Gasteiger partial charge is 0.308 e. The summed E-state index contributed by atoms with van der Waals surface area (Å²) in [6, 6.07) is 8.59. The van der Waals surface area contributed by atoms with Crippen LogP contribution < -0.4 is 15.0 Å². The van der Waals surface area contributed by atoms with E-state index in [0.29, 0.717) is 28.7 Å². The van der Waals surface area contributed by atoms with Crippen LogP contribution in [0.1, 0.15) is 38.1 Å².